The van der Waals surface area contributed by atoms with E-state index in [1.165, 1.54) is 0 Å². The highest BCUT2D eigenvalue weighted by molar-refractivity contribution is 7.86. The van der Waals surface area contributed by atoms with Crippen molar-refractivity contribution in [2.24, 2.45) is 17.8 Å². The van der Waals surface area contributed by atoms with Gasteiger partial charge >= 0.3 is 10.2 Å². The zero-order chi connectivity index (χ0) is 9.35. The van der Waals surface area contributed by atoms with Crippen molar-refractivity contribution in [3.63, 3.8) is 0 Å². The fourth-order valence-corrected chi connectivity index (χ4v) is 2.58. The van der Waals surface area contributed by atoms with Gasteiger partial charge in [-0.05, 0) is 30.6 Å². The van der Waals surface area contributed by atoms with E-state index in [0.29, 0.717) is 11.8 Å². The SMILES string of the molecule is CC(C)C1CC(CS(=O)(=O)F)C1. The quantitative estimate of drug-likeness (QED) is 0.644. The first-order chi connectivity index (χ1) is 5.38. The van der Waals surface area contributed by atoms with Crippen molar-refractivity contribution < 1.29 is 12.3 Å². The van der Waals surface area contributed by atoms with E-state index >= 15 is 0 Å². The first-order valence-electron chi connectivity index (χ1n) is 4.31. The number of hydrogen-bond acceptors (Lipinski definition) is 2. The Hall–Kier alpha value is -0.120. The van der Waals surface area contributed by atoms with Gasteiger partial charge in [-0.15, -0.1) is 3.89 Å². The molecule has 1 aliphatic carbocycles. The molecule has 1 aliphatic rings. The zero-order valence-electron chi connectivity index (χ0n) is 7.46. The summed E-state index contributed by atoms with van der Waals surface area (Å²) in [5.74, 6) is 1.02. The molecule has 0 aromatic carbocycles. The highest BCUT2D eigenvalue weighted by Crippen LogP contribution is 2.39. The van der Waals surface area contributed by atoms with E-state index in [0.717, 1.165) is 12.8 Å². The first kappa shape index (κ1) is 9.96. The molecular formula is C8H15FO2S. The second-order valence-electron chi connectivity index (χ2n) is 4.05. The molecule has 2 nitrogen and oxygen atoms in total. The van der Waals surface area contributed by atoms with Gasteiger partial charge in [0.25, 0.3) is 0 Å². The van der Waals surface area contributed by atoms with Crippen LogP contribution in [-0.2, 0) is 10.2 Å². The average Bonchev–Trinajstić information content (AvgIpc) is 1.74. The normalized spacial score (nSPS) is 30.3. The van der Waals surface area contributed by atoms with Crippen LogP contribution < -0.4 is 0 Å². The van der Waals surface area contributed by atoms with E-state index in [4.69, 9.17) is 0 Å². The summed E-state index contributed by atoms with van der Waals surface area (Å²) in [4.78, 5) is 0. The van der Waals surface area contributed by atoms with Crippen LogP contribution in [0.2, 0.25) is 0 Å². The Balaban J connectivity index is 2.27. The minimum atomic E-state index is -4.23. The summed E-state index contributed by atoms with van der Waals surface area (Å²) in [6.45, 7) is 4.23. The maximum absolute atomic E-state index is 12.2. The summed E-state index contributed by atoms with van der Waals surface area (Å²) in [6.07, 6.45) is 1.75. The Morgan fingerprint density at radius 2 is 1.92 bits per heavy atom. The van der Waals surface area contributed by atoms with Crippen molar-refractivity contribution in [2.75, 3.05) is 5.75 Å². The van der Waals surface area contributed by atoms with Crippen molar-refractivity contribution in [2.45, 2.75) is 26.7 Å². The van der Waals surface area contributed by atoms with E-state index < -0.39 is 10.2 Å². The topological polar surface area (TPSA) is 34.1 Å². The molecule has 0 bridgehead atoms. The zero-order valence-corrected chi connectivity index (χ0v) is 8.27. The van der Waals surface area contributed by atoms with Crippen molar-refractivity contribution in [1.29, 1.82) is 0 Å². The Morgan fingerprint density at radius 3 is 2.25 bits per heavy atom. The van der Waals surface area contributed by atoms with E-state index in [2.05, 4.69) is 13.8 Å². The second kappa shape index (κ2) is 3.32. The standard InChI is InChI=1S/C8H15FO2S/c1-6(2)8-3-7(4-8)5-12(9,10)11/h6-8H,3-5H2,1-2H3. The van der Waals surface area contributed by atoms with Crippen molar-refractivity contribution in [1.82, 2.24) is 0 Å². The smallest absolute Gasteiger partial charge is 0.195 e. The molecule has 4 heteroatoms. The van der Waals surface area contributed by atoms with Gasteiger partial charge in [-0.2, -0.15) is 8.42 Å². The van der Waals surface area contributed by atoms with Gasteiger partial charge in [-0.3, -0.25) is 0 Å². The van der Waals surface area contributed by atoms with E-state index in [1.807, 2.05) is 0 Å². The second-order valence-corrected chi connectivity index (χ2v) is 5.46. The molecule has 0 aromatic rings. The van der Waals surface area contributed by atoms with Gasteiger partial charge in [0.15, 0.2) is 0 Å². The third kappa shape index (κ3) is 2.73. The summed E-state index contributed by atoms with van der Waals surface area (Å²) in [6, 6.07) is 0. The summed E-state index contributed by atoms with van der Waals surface area (Å²) < 4.78 is 32.6. The summed E-state index contributed by atoms with van der Waals surface area (Å²) in [5.41, 5.74) is 0. The molecule has 0 spiro atoms. The fraction of sp³-hybridized carbons (Fsp3) is 1.00. The summed E-state index contributed by atoms with van der Waals surface area (Å²) in [5, 5.41) is 0. The molecule has 0 saturated heterocycles. The third-order valence-corrected chi connectivity index (χ3v) is 3.52. The van der Waals surface area contributed by atoms with Crippen LogP contribution in [0, 0.1) is 17.8 Å². The Bertz CT molecular complexity index is 240. The fourth-order valence-electron chi connectivity index (χ4n) is 1.75. The van der Waals surface area contributed by atoms with Gasteiger partial charge in [0.1, 0.15) is 0 Å². The lowest BCUT2D eigenvalue weighted by Gasteiger charge is -2.37. The van der Waals surface area contributed by atoms with Crippen molar-refractivity contribution in [3.8, 4) is 0 Å². The highest BCUT2D eigenvalue weighted by atomic mass is 32.3. The Labute approximate surface area is 73.4 Å². The maximum Gasteiger partial charge on any atom is 0.302 e. The minimum Gasteiger partial charge on any atom is -0.195 e. The molecule has 1 saturated carbocycles. The third-order valence-electron chi connectivity index (χ3n) is 2.65. The van der Waals surface area contributed by atoms with Gasteiger partial charge in [0, 0.05) is 0 Å². The largest absolute Gasteiger partial charge is 0.302 e. The van der Waals surface area contributed by atoms with Crippen LogP contribution in [0.25, 0.3) is 0 Å². The van der Waals surface area contributed by atoms with E-state index in [-0.39, 0.29) is 11.7 Å². The molecule has 0 unspecified atom stereocenters. The molecular weight excluding hydrogens is 179 g/mol. The van der Waals surface area contributed by atoms with Gasteiger partial charge in [-0.1, -0.05) is 13.8 Å². The molecule has 12 heavy (non-hydrogen) atoms. The summed E-state index contributed by atoms with van der Waals surface area (Å²) in [7, 11) is -4.23. The lowest BCUT2D eigenvalue weighted by atomic mass is 9.70. The van der Waals surface area contributed by atoms with Crippen LogP contribution in [0.5, 0.6) is 0 Å². The van der Waals surface area contributed by atoms with Crippen LogP contribution >= 0.6 is 0 Å². The summed E-state index contributed by atoms with van der Waals surface area (Å²) >= 11 is 0. The Morgan fingerprint density at radius 1 is 1.42 bits per heavy atom. The van der Waals surface area contributed by atoms with Crippen molar-refractivity contribution in [3.05, 3.63) is 0 Å². The molecule has 0 N–H and O–H groups in total. The predicted molar refractivity (Wildman–Crippen MR) is 45.9 cm³/mol. The van der Waals surface area contributed by atoms with E-state index in [1.54, 1.807) is 0 Å². The number of halogens is 1. The maximum atomic E-state index is 12.2. The van der Waals surface area contributed by atoms with Crippen LogP contribution in [0.4, 0.5) is 3.89 Å². The van der Waals surface area contributed by atoms with Gasteiger partial charge in [0.2, 0.25) is 0 Å². The molecule has 1 fully saturated rings. The highest BCUT2D eigenvalue weighted by Gasteiger charge is 2.33. The number of rotatable bonds is 3. The molecule has 0 amide bonds. The molecule has 1 rings (SSSR count). The lowest BCUT2D eigenvalue weighted by molar-refractivity contribution is 0.157. The number of hydrogen-bond donors (Lipinski definition) is 0. The Kier molecular flexibility index (Phi) is 2.76. The van der Waals surface area contributed by atoms with Gasteiger partial charge in [0.05, 0.1) is 5.75 Å². The molecule has 0 atom stereocenters. The van der Waals surface area contributed by atoms with Crippen LogP contribution in [0.1, 0.15) is 26.7 Å². The van der Waals surface area contributed by atoms with Crippen LogP contribution in [0.3, 0.4) is 0 Å². The monoisotopic (exact) mass is 194 g/mol. The van der Waals surface area contributed by atoms with Crippen molar-refractivity contribution >= 4 is 10.2 Å². The lowest BCUT2D eigenvalue weighted by Crippen LogP contribution is -2.31. The molecule has 0 aliphatic heterocycles. The molecule has 72 valence electrons. The molecule has 0 aromatic heterocycles. The molecule has 0 heterocycles. The van der Waals surface area contributed by atoms with Gasteiger partial charge < -0.3 is 0 Å². The predicted octanol–water partition coefficient (Wildman–Crippen LogP) is 1.97. The molecule has 0 radical (unpaired) electrons. The van der Waals surface area contributed by atoms with Gasteiger partial charge in [-0.25, -0.2) is 0 Å². The van der Waals surface area contributed by atoms with Crippen LogP contribution in [-0.4, -0.2) is 14.2 Å². The first-order valence-corrected chi connectivity index (χ1v) is 5.86. The van der Waals surface area contributed by atoms with E-state index in [9.17, 15) is 12.3 Å². The minimum absolute atomic E-state index is 0.0763. The average molecular weight is 194 g/mol. The van der Waals surface area contributed by atoms with Crippen LogP contribution in [0.15, 0.2) is 0 Å².